The van der Waals surface area contributed by atoms with Crippen LogP contribution in [0, 0.1) is 12.8 Å². The number of aromatic nitrogens is 3. The molecule has 2 aromatic rings. The summed E-state index contributed by atoms with van der Waals surface area (Å²) in [6.45, 7) is 10.7. The van der Waals surface area contributed by atoms with Crippen LogP contribution in [-0.2, 0) is 11.3 Å². The molecule has 7 heteroatoms. The van der Waals surface area contributed by atoms with E-state index in [0.29, 0.717) is 18.0 Å². The van der Waals surface area contributed by atoms with Crippen LogP contribution in [0.4, 0.5) is 0 Å². The number of aryl methyl sites for hydroxylation is 1. The summed E-state index contributed by atoms with van der Waals surface area (Å²) in [6, 6.07) is 0. The van der Waals surface area contributed by atoms with E-state index < -0.39 is 0 Å². The van der Waals surface area contributed by atoms with E-state index >= 15 is 0 Å². The third-order valence-electron chi connectivity index (χ3n) is 3.51. The van der Waals surface area contributed by atoms with Crippen LogP contribution in [0.15, 0.2) is 4.79 Å². The zero-order valence-electron chi connectivity index (χ0n) is 14.3. The SMILES string of the molecule is Cc1nn(CC(=O)NCCC(C)C)c(=O)c2nc(C(C)C)sc12. The lowest BCUT2D eigenvalue weighted by Crippen LogP contribution is -2.34. The molecular formula is C16H24N4O2S. The fraction of sp³-hybridized carbons (Fsp3) is 0.625. The van der Waals surface area contributed by atoms with E-state index in [0.717, 1.165) is 21.8 Å². The molecule has 0 spiro atoms. The van der Waals surface area contributed by atoms with Gasteiger partial charge in [0.05, 0.1) is 15.4 Å². The maximum atomic E-state index is 12.5. The second-order valence-corrected chi connectivity index (χ2v) is 7.50. The van der Waals surface area contributed by atoms with Gasteiger partial charge in [-0.2, -0.15) is 5.10 Å². The largest absolute Gasteiger partial charge is 0.354 e. The molecule has 0 aliphatic rings. The molecule has 0 bridgehead atoms. The number of rotatable bonds is 6. The third kappa shape index (κ3) is 4.16. The zero-order valence-corrected chi connectivity index (χ0v) is 15.2. The number of nitrogens with one attached hydrogen (secondary N) is 1. The second-order valence-electron chi connectivity index (χ2n) is 6.47. The summed E-state index contributed by atoms with van der Waals surface area (Å²) >= 11 is 1.50. The Labute approximate surface area is 139 Å². The van der Waals surface area contributed by atoms with Crippen molar-refractivity contribution >= 4 is 27.5 Å². The maximum absolute atomic E-state index is 12.5. The van der Waals surface area contributed by atoms with Crippen LogP contribution >= 0.6 is 11.3 Å². The van der Waals surface area contributed by atoms with E-state index in [-0.39, 0.29) is 23.9 Å². The number of carbonyl (C=O) groups is 1. The fourth-order valence-electron chi connectivity index (χ4n) is 2.17. The molecule has 126 valence electrons. The standard InChI is InChI=1S/C16H24N4O2S/c1-9(2)6-7-17-12(21)8-20-16(22)13-14(11(5)19-20)23-15(18-13)10(3)4/h9-10H,6-8H2,1-5H3,(H,17,21). The van der Waals surface area contributed by atoms with E-state index in [1.165, 1.54) is 16.0 Å². The third-order valence-corrected chi connectivity index (χ3v) is 4.98. The van der Waals surface area contributed by atoms with Crippen LogP contribution in [0.3, 0.4) is 0 Å². The molecule has 0 radical (unpaired) electrons. The molecule has 1 amide bonds. The summed E-state index contributed by atoms with van der Waals surface area (Å²) in [5, 5.41) is 8.01. The van der Waals surface area contributed by atoms with Crippen molar-refractivity contribution in [2.75, 3.05) is 6.54 Å². The number of nitrogens with zero attached hydrogens (tertiary/aromatic N) is 3. The first-order valence-electron chi connectivity index (χ1n) is 7.94. The molecule has 0 aromatic carbocycles. The van der Waals surface area contributed by atoms with E-state index in [1.807, 2.05) is 20.8 Å². The summed E-state index contributed by atoms with van der Waals surface area (Å²) in [5.41, 5.74) is 0.855. The average Bonchev–Trinajstić information content (AvgIpc) is 2.90. The first kappa shape index (κ1) is 17.6. The van der Waals surface area contributed by atoms with Crippen molar-refractivity contribution in [3.8, 4) is 0 Å². The molecule has 2 aromatic heterocycles. The topological polar surface area (TPSA) is 76.9 Å². The van der Waals surface area contributed by atoms with Crippen LogP contribution in [0.2, 0.25) is 0 Å². The summed E-state index contributed by atoms with van der Waals surface area (Å²) in [6.07, 6.45) is 0.913. The molecule has 6 nitrogen and oxygen atoms in total. The Morgan fingerprint density at radius 3 is 2.61 bits per heavy atom. The molecule has 0 unspecified atom stereocenters. The van der Waals surface area contributed by atoms with E-state index in [9.17, 15) is 9.59 Å². The number of fused-ring (bicyclic) bond motifs is 1. The van der Waals surface area contributed by atoms with Crippen molar-refractivity contribution in [3.63, 3.8) is 0 Å². The van der Waals surface area contributed by atoms with Crippen molar-refractivity contribution in [2.45, 2.75) is 53.5 Å². The van der Waals surface area contributed by atoms with E-state index in [1.54, 1.807) is 0 Å². The first-order valence-corrected chi connectivity index (χ1v) is 8.76. The number of hydrogen-bond donors (Lipinski definition) is 1. The molecule has 23 heavy (non-hydrogen) atoms. The highest BCUT2D eigenvalue weighted by atomic mass is 32.1. The van der Waals surface area contributed by atoms with Crippen LogP contribution in [-0.4, -0.2) is 27.2 Å². The Morgan fingerprint density at radius 1 is 1.30 bits per heavy atom. The van der Waals surface area contributed by atoms with Gasteiger partial charge in [-0.15, -0.1) is 11.3 Å². The number of carbonyl (C=O) groups excluding carboxylic acids is 1. The van der Waals surface area contributed by atoms with Crippen molar-refractivity contribution in [1.29, 1.82) is 0 Å². The summed E-state index contributed by atoms with van der Waals surface area (Å²) in [5.74, 6) is 0.594. The van der Waals surface area contributed by atoms with Crippen LogP contribution in [0.25, 0.3) is 10.2 Å². The molecule has 1 N–H and O–H groups in total. The lowest BCUT2D eigenvalue weighted by atomic mass is 10.1. The highest BCUT2D eigenvalue weighted by molar-refractivity contribution is 7.18. The summed E-state index contributed by atoms with van der Waals surface area (Å²) in [4.78, 5) is 28.9. The molecule has 0 atom stereocenters. The molecule has 2 rings (SSSR count). The van der Waals surface area contributed by atoms with Gasteiger partial charge >= 0.3 is 0 Å². The van der Waals surface area contributed by atoms with Crippen molar-refractivity contribution in [3.05, 3.63) is 21.1 Å². The first-order chi connectivity index (χ1) is 10.8. The molecule has 2 heterocycles. The van der Waals surface area contributed by atoms with Gasteiger partial charge < -0.3 is 5.32 Å². The summed E-state index contributed by atoms with van der Waals surface area (Å²) in [7, 11) is 0. The Kier molecular flexibility index (Phi) is 5.51. The Morgan fingerprint density at radius 2 is 2.00 bits per heavy atom. The van der Waals surface area contributed by atoms with Gasteiger partial charge in [0.15, 0.2) is 5.52 Å². The fourth-order valence-corrected chi connectivity index (χ4v) is 3.17. The van der Waals surface area contributed by atoms with E-state index in [2.05, 4.69) is 29.2 Å². The summed E-state index contributed by atoms with van der Waals surface area (Å²) < 4.78 is 2.03. The van der Waals surface area contributed by atoms with Gasteiger partial charge in [-0.3, -0.25) is 9.59 Å². The Balaban J connectivity index is 2.23. The minimum Gasteiger partial charge on any atom is -0.354 e. The smallest absolute Gasteiger partial charge is 0.294 e. The molecule has 0 aliphatic carbocycles. The average molecular weight is 336 g/mol. The Bertz CT molecular complexity index is 761. The van der Waals surface area contributed by atoms with Crippen LogP contribution in [0.5, 0.6) is 0 Å². The van der Waals surface area contributed by atoms with Gasteiger partial charge in [0.25, 0.3) is 5.56 Å². The van der Waals surface area contributed by atoms with Gasteiger partial charge in [-0.25, -0.2) is 9.67 Å². The normalized spacial score (nSPS) is 11.6. The Hall–Kier alpha value is -1.76. The van der Waals surface area contributed by atoms with Crippen molar-refractivity contribution in [2.24, 2.45) is 5.92 Å². The lowest BCUT2D eigenvalue weighted by Gasteiger charge is -2.08. The number of thiazole rings is 1. The molecular weight excluding hydrogens is 312 g/mol. The van der Waals surface area contributed by atoms with Crippen LogP contribution in [0.1, 0.15) is 50.7 Å². The number of hydrogen-bond acceptors (Lipinski definition) is 5. The van der Waals surface area contributed by atoms with E-state index in [4.69, 9.17) is 0 Å². The number of amides is 1. The van der Waals surface area contributed by atoms with Gasteiger partial charge in [0.2, 0.25) is 5.91 Å². The van der Waals surface area contributed by atoms with Crippen molar-refractivity contribution < 1.29 is 4.79 Å². The zero-order chi connectivity index (χ0) is 17.1. The van der Waals surface area contributed by atoms with Gasteiger partial charge in [0.1, 0.15) is 6.54 Å². The van der Waals surface area contributed by atoms with Gasteiger partial charge in [-0.1, -0.05) is 27.7 Å². The minimum atomic E-state index is -0.298. The molecule has 0 fully saturated rings. The predicted octanol–water partition coefficient (Wildman–Crippen LogP) is 2.45. The van der Waals surface area contributed by atoms with Crippen LogP contribution < -0.4 is 10.9 Å². The maximum Gasteiger partial charge on any atom is 0.294 e. The minimum absolute atomic E-state index is 0.0672. The van der Waals surface area contributed by atoms with Gasteiger partial charge in [0, 0.05) is 12.5 Å². The molecule has 0 saturated carbocycles. The molecule has 0 saturated heterocycles. The quantitative estimate of drug-likeness (QED) is 0.879. The van der Waals surface area contributed by atoms with Crippen molar-refractivity contribution in [1.82, 2.24) is 20.1 Å². The monoisotopic (exact) mass is 336 g/mol. The van der Waals surface area contributed by atoms with Gasteiger partial charge in [-0.05, 0) is 19.3 Å². The second kappa shape index (κ2) is 7.21. The highest BCUT2D eigenvalue weighted by Crippen LogP contribution is 2.26. The lowest BCUT2D eigenvalue weighted by molar-refractivity contribution is -0.121. The highest BCUT2D eigenvalue weighted by Gasteiger charge is 2.16. The predicted molar refractivity (Wildman–Crippen MR) is 93.0 cm³/mol. The molecule has 0 aliphatic heterocycles.